The van der Waals surface area contributed by atoms with E-state index >= 15 is 0 Å². The van der Waals surface area contributed by atoms with E-state index in [0.717, 1.165) is 37.6 Å². The topological polar surface area (TPSA) is 32.3 Å². The Bertz CT molecular complexity index is 279. The first kappa shape index (κ1) is 12.9. The molecule has 3 nitrogen and oxygen atoms in total. The first-order valence-electron chi connectivity index (χ1n) is 7.23. The summed E-state index contributed by atoms with van der Waals surface area (Å²) in [7, 11) is 0. The van der Waals surface area contributed by atoms with Crippen LogP contribution in [0.1, 0.15) is 52.9 Å². The van der Waals surface area contributed by atoms with Gasteiger partial charge in [0.25, 0.3) is 0 Å². The van der Waals surface area contributed by atoms with Gasteiger partial charge in [0.2, 0.25) is 5.91 Å². The third-order valence-corrected chi connectivity index (χ3v) is 4.29. The number of hydrogen-bond acceptors (Lipinski definition) is 2. The second-order valence-electron chi connectivity index (χ2n) is 5.75. The number of rotatable bonds is 6. The SMILES string of the molecule is CCCCC1NC(CC)N(CC2CC2C)C1=O. The van der Waals surface area contributed by atoms with E-state index in [1.54, 1.807) is 0 Å². The summed E-state index contributed by atoms with van der Waals surface area (Å²) in [6, 6.07) is 0.0916. The van der Waals surface area contributed by atoms with Gasteiger partial charge in [-0.25, -0.2) is 0 Å². The minimum absolute atomic E-state index is 0.0916. The van der Waals surface area contributed by atoms with Crippen molar-refractivity contribution in [1.82, 2.24) is 10.2 Å². The first-order chi connectivity index (χ1) is 8.17. The summed E-state index contributed by atoms with van der Waals surface area (Å²) in [5, 5.41) is 3.50. The highest BCUT2D eigenvalue weighted by Gasteiger charge is 2.42. The molecule has 1 saturated carbocycles. The highest BCUT2D eigenvalue weighted by Crippen LogP contribution is 2.39. The van der Waals surface area contributed by atoms with E-state index in [-0.39, 0.29) is 12.2 Å². The molecule has 2 fully saturated rings. The Morgan fingerprint density at radius 1 is 1.41 bits per heavy atom. The molecule has 1 saturated heterocycles. The van der Waals surface area contributed by atoms with Crippen LogP contribution in [0, 0.1) is 11.8 Å². The standard InChI is InChI=1S/C14H26N2O/c1-4-6-7-12-14(17)16(13(5-2)15-12)9-11-8-10(11)3/h10-13,15H,4-9H2,1-3H3. The summed E-state index contributed by atoms with van der Waals surface area (Å²) in [4.78, 5) is 14.4. The smallest absolute Gasteiger partial charge is 0.241 e. The van der Waals surface area contributed by atoms with E-state index in [9.17, 15) is 4.79 Å². The van der Waals surface area contributed by atoms with Gasteiger partial charge in [-0.3, -0.25) is 10.1 Å². The van der Waals surface area contributed by atoms with Gasteiger partial charge in [0.1, 0.15) is 0 Å². The lowest BCUT2D eigenvalue weighted by Gasteiger charge is -2.23. The van der Waals surface area contributed by atoms with E-state index in [4.69, 9.17) is 0 Å². The van der Waals surface area contributed by atoms with Crippen LogP contribution in [0.25, 0.3) is 0 Å². The summed E-state index contributed by atoms with van der Waals surface area (Å²) in [6.45, 7) is 7.61. The molecule has 1 N–H and O–H groups in total. The Morgan fingerprint density at radius 2 is 2.12 bits per heavy atom. The second kappa shape index (κ2) is 5.38. The van der Waals surface area contributed by atoms with E-state index < -0.39 is 0 Å². The zero-order valence-electron chi connectivity index (χ0n) is 11.4. The van der Waals surface area contributed by atoms with Crippen molar-refractivity contribution in [2.45, 2.75) is 65.1 Å². The van der Waals surface area contributed by atoms with Gasteiger partial charge in [0.15, 0.2) is 0 Å². The lowest BCUT2D eigenvalue weighted by Crippen LogP contribution is -2.38. The molecule has 17 heavy (non-hydrogen) atoms. The molecule has 0 aromatic rings. The van der Waals surface area contributed by atoms with Crippen molar-refractivity contribution in [2.24, 2.45) is 11.8 Å². The molecular weight excluding hydrogens is 212 g/mol. The maximum absolute atomic E-state index is 12.3. The van der Waals surface area contributed by atoms with Gasteiger partial charge in [0.05, 0.1) is 12.2 Å². The molecule has 98 valence electrons. The van der Waals surface area contributed by atoms with Crippen LogP contribution >= 0.6 is 0 Å². The first-order valence-corrected chi connectivity index (χ1v) is 7.23. The van der Waals surface area contributed by atoms with Gasteiger partial charge in [-0.05, 0) is 31.1 Å². The van der Waals surface area contributed by atoms with E-state index in [1.165, 1.54) is 12.8 Å². The Hall–Kier alpha value is -0.570. The summed E-state index contributed by atoms with van der Waals surface area (Å²) in [6.07, 6.45) is 5.94. The van der Waals surface area contributed by atoms with Crippen molar-refractivity contribution in [2.75, 3.05) is 6.54 Å². The highest BCUT2D eigenvalue weighted by atomic mass is 16.2. The van der Waals surface area contributed by atoms with Crippen LogP contribution in [0.4, 0.5) is 0 Å². The largest absolute Gasteiger partial charge is 0.326 e. The van der Waals surface area contributed by atoms with Crippen LogP contribution in [-0.2, 0) is 4.79 Å². The molecule has 2 aliphatic rings. The normalized spacial score (nSPS) is 36.6. The molecule has 1 aliphatic carbocycles. The zero-order chi connectivity index (χ0) is 12.4. The van der Waals surface area contributed by atoms with Crippen molar-refractivity contribution in [3.05, 3.63) is 0 Å². The molecule has 0 aromatic heterocycles. The molecular formula is C14H26N2O. The molecule has 0 bridgehead atoms. The predicted octanol–water partition coefficient (Wildman–Crippen LogP) is 2.37. The molecule has 1 heterocycles. The molecule has 4 atom stereocenters. The number of carbonyl (C=O) groups excluding carboxylic acids is 1. The Morgan fingerprint density at radius 3 is 2.65 bits per heavy atom. The van der Waals surface area contributed by atoms with Crippen LogP contribution in [0.3, 0.4) is 0 Å². The van der Waals surface area contributed by atoms with Crippen LogP contribution in [0.5, 0.6) is 0 Å². The summed E-state index contributed by atoms with van der Waals surface area (Å²) >= 11 is 0. The van der Waals surface area contributed by atoms with Crippen LogP contribution in [0.15, 0.2) is 0 Å². The maximum Gasteiger partial charge on any atom is 0.241 e. The van der Waals surface area contributed by atoms with Crippen LogP contribution < -0.4 is 5.32 Å². The second-order valence-corrected chi connectivity index (χ2v) is 5.75. The van der Waals surface area contributed by atoms with Crippen molar-refractivity contribution >= 4 is 5.91 Å². The number of amides is 1. The highest BCUT2D eigenvalue weighted by molar-refractivity contribution is 5.84. The molecule has 3 heteroatoms. The Balaban J connectivity index is 1.91. The van der Waals surface area contributed by atoms with Crippen molar-refractivity contribution in [1.29, 1.82) is 0 Å². The number of unbranched alkanes of at least 4 members (excludes halogenated alkanes) is 1. The van der Waals surface area contributed by atoms with Gasteiger partial charge in [-0.2, -0.15) is 0 Å². The van der Waals surface area contributed by atoms with Gasteiger partial charge >= 0.3 is 0 Å². The lowest BCUT2D eigenvalue weighted by molar-refractivity contribution is -0.130. The van der Waals surface area contributed by atoms with Gasteiger partial charge in [-0.1, -0.05) is 33.6 Å². The molecule has 1 amide bonds. The summed E-state index contributed by atoms with van der Waals surface area (Å²) in [5.74, 6) is 1.94. The quantitative estimate of drug-likeness (QED) is 0.770. The number of carbonyl (C=O) groups is 1. The fraction of sp³-hybridized carbons (Fsp3) is 0.929. The Labute approximate surface area is 105 Å². The van der Waals surface area contributed by atoms with E-state index in [0.29, 0.717) is 5.91 Å². The molecule has 0 radical (unpaired) electrons. The fourth-order valence-electron chi connectivity index (χ4n) is 2.82. The zero-order valence-corrected chi connectivity index (χ0v) is 11.4. The number of nitrogens with one attached hydrogen (secondary N) is 1. The Kier molecular flexibility index (Phi) is 4.08. The van der Waals surface area contributed by atoms with Crippen molar-refractivity contribution < 1.29 is 4.79 Å². The van der Waals surface area contributed by atoms with Crippen molar-refractivity contribution in [3.63, 3.8) is 0 Å². The minimum Gasteiger partial charge on any atom is -0.326 e. The average molecular weight is 238 g/mol. The molecule has 4 unspecified atom stereocenters. The van der Waals surface area contributed by atoms with E-state index in [2.05, 4.69) is 31.0 Å². The van der Waals surface area contributed by atoms with Gasteiger partial charge in [-0.15, -0.1) is 0 Å². The van der Waals surface area contributed by atoms with Crippen LogP contribution in [0.2, 0.25) is 0 Å². The molecule has 1 aliphatic heterocycles. The minimum atomic E-state index is 0.0916. The van der Waals surface area contributed by atoms with Gasteiger partial charge < -0.3 is 4.90 Å². The fourth-order valence-corrected chi connectivity index (χ4v) is 2.82. The van der Waals surface area contributed by atoms with Crippen molar-refractivity contribution in [3.8, 4) is 0 Å². The van der Waals surface area contributed by atoms with Crippen LogP contribution in [-0.4, -0.2) is 29.6 Å². The van der Waals surface area contributed by atoms with E-state index in [1.807, 2.05) is 0 Å². The number of hydrogen-bond donors (Lipinski definition) is 1. The lowest BCUT2D eigenvalue weighted by atomic mass is 10.1. The summed E-state index contributed by atoms with van der Waals surface area (Å²) in [5.41, 5.74) is 0. The molecule has 0 aromatic carbocycles. The maximum atomic E-state index is 12.3. The predicted molar refractivity (Wildman–Crippen MR) is 69.5 cm³/mol. The number of nitrogens with zero attached hydrogens (tertiary/aromatic N) is 1. The van der Waals surface area contributed by atoms with Gasteiger partial charge in [0, 0.05) is 6.54 Å². The summed E-state index contributed by atoms with van der Waals surface area (Å²) < 4.78 is 0. The third-order valence-electron chi connectivity index (χ3n) is 4.29. The average Bonchev–Trinajstić information content (AvgIpc) is 2.93. The molecule has 0 spiro atoms. The molecule has 2 rings (SSSR count). The monoisotopic (exact) mass is 238 g/mol. The third kappa shape index (κ3) is 2.82.